The lowest BCUT2D eigenvalue weighted by atomic mass is 9.88. The second kappa shape index (κ2) is 4.76. The summed E-state index contributed by atoms with van der Waals surface area (Å²) in [6.45, 7) is 9.58. The summed E-state index contributed by atoms with van der Waals surface area (Å²) in [5.41, 5.74) is 3.10. The molecule has 112 valence electrons. The summed E-state index contributed by atoms with van der Waals surface area (Å²) in [5, 5.41) is 0. The molecule has 0 atom stereocenters. The van der Waals surface area contributed by atoms with Crippen LogP contribution in [0.15, 0.2) is 0 Å². The van der Waals surface area contributed by atoms with Gasteiger partial charge in [0.1, 0.15) is 17.1 Å². The number of hydrogen-bond acceptors (Lipinski definition) is 3. The van der Waals surface area contributed by atoms with Crippen LogP contribution in [0.3, 0.4) is 0 Å². The van der Waals surface area contributed by atoms with Crippen molar-refractivity contribution in [2.24, 2.45) is 0 Å². The SMILES string of the molecule is Cc1c(C)c2c(c(C)c1OP(=O)(O)O)CCC(C)(C)O2. The first-order chi connectivity index (χ1) is 9.02. The van der Waals surface area contributed by atoms with Crippen molar-refractivity contribution < 1.29 is 23.6 Å². The van der Waals surface area contributed by atoms with E-state index in [0.29, 0.717) is 5.56 Å². The summed E-state index contributed by atoms with van der Waals surface area (Å²) in [7, 11) is -4.56. The van der Waals surface area contributed by atoms with E-state index < -0.39 is 7.82 Å². The molecule has 1 aromatic carbocycles. The highest BCUT2D eigenvalue weighted by atomic mass is 31.2. The molecule has 0 saturated carbocycles. The largest absolute Gasteiger partial charge is 0.524 e. The van der Waals surface area contributed by atoms with E-state index in [1.807, 2.05) is 27.7 Å². The normalized spacial score (nSPS) is 17.4. The van der Waals surface area contributed by atoms with Gasteiger partial charge in [0.05, 0.1) is 0 Å². The van der Waals surface area contributed by atoms with Crippen LogP contribution in [0.1, 0.15) is 42.5 Å². The van der Waals surface area contributed by atoms with Gasteiger partial charge < -0.3 is 9.26 Å². The number of hydrogen-bond donors (Lipinski definition) is 2. The zero-order valence-corrected chi connectivity index (χ0v) is 13.4. The van der Waals surface area contributed by atoms with Crippen molar-refractivity contribution in [2.45, 2.75) is 53.1 Å². The van der Waals surface area contributed by atoms with Gasteiger partial charge in [0.15, 0.2) is 0 Å². The standard InChI is InChI=1S/C14H21O5P/c1-8-9(2)13-11(6-7-14(4,5)18-13)10(3)12(8)19-20(15,16)17/h6-7H2,1-5H3,(H2,15,16,17). The van der Waals surface area contributed by atoms with Gasteiger partial charge >= 0.3 is 7.82 Å². The van der Waals surface area contributed by atoms with Crippen molar-refractivity contribution in [2.75, 3.05) is 0 Å². The molecule has 1 aliphatic rings. The van der Waals surface area contributed by atoms with E-state index in [0.717, 1.165) is 35.3 Å². The van der Waals surface area contributed by atoms with Crippen molar-refractivity contribution in [3.05, 3.63) is 22.3 Å². The number of phosphoric ester groups is 1. The van der Waals surface area contributed by atoms with Gasteiger partial charge in [-0.3, -0.25) is 9.79 Å². The molecule has 0 amide bonds. The number of rotatable bonds is 2. The Morgan fingerprint density at radius 1 is 1.15 bits per heavy atom. The Labute approximate surface area is 119 Å². The highest BCUT2D eigenvalue weighted by Gasteiger charge is 2.32. The highest BCUT2D eigenvalue weighted by molar-refractivity contribution is 7.46. The predicted molar refractivity (Wildman–Crippen MR) is 76.4 cm³/mol. The molecule has 0 saturated heterocycles. The monoisotopic (exact) mass is 300 g/mol. The zero-order chi connectivity index (χ0) is 15.3. The topological polar surface area (TPSA) is 76.0 Å². The van der Waals surface area contributed by atoms with Crippen molar-refractivity contribution in [1.82, 2.24) is 0 Å². The van der Waals surface area contributed by atoms with Gasteiger partial charge in [-0.2, -0.15) is 0 Å². The molecular formula is C14H21O5P. The summed E-state index contributed by atoms with van der Waals surface area (Å²) in [4.78, 5) is 18.1. The Bertz CT molecular complexity index is 600. The van der Waals surface area contributed by atoms with Crippen LogP contribution in [0.25, 0.3) is 0 Å². The van der Waals surface area contributed by atoms with E-state index in [2.05, 4.69) is 0 Å². The third-order valence-corrected chi connectivity index (χ3v) is 4.30. The molecule has 0 aliphatic carbocycles. The molecule has 1 aliphatic heterocycles. The maximum absolute atomic E-state index is 11.1. The quantitative estimate of drug-likeness (QED) is 0.820. The summed E-state index contributed by atoms with van der Waals surface area (Å²) in [5.74, 6) is 1.10. The van der Waals surface area contributed by atoms with Gasteiger partial charge in [-0.1, -0.05) is 0 Å². The lowest BCUT2D eigenvalue weighted by Gasteiger charge is -2.35. The Kier molecular flexibility index (Phi) is 3.66. The average molecular weight is 300 g/mol. The molecule has 0 radical (unpaired) electrons. The molecule has 20 heavy (non-hydrogen) atoms. The number of phosphoric acid groups is 1. The zero-order valence-electron chi connectivity index (χ0n) is 12.5. The molecule has 0 aromatic heterocycles. The van der Waals surface area contributed by atoms with Gasteiger partial charge in [0.25, 0.3) is 0 Å². The van der Waals surface area contributed by atoms with Crippen LogP contribution in [0, 0.1) is 20.8 Å². The fraction of sp³-hybridized carbons (Fsp3) is 0.571. The summed E-state index contributed by atoms with van der Waals surface area (Å²) in [6.07, 6.45) is 1.67. The number of fused-ring (bicyclic) bond motifs is 1. The second-order valence-electron chi connectivity index (χ2n) is 5.96. The minimum atomic E-state index is -4.56. The van der Waals surface area contributed by atoms with E-state index in [4.69, 9.17) is 19.0 Å². The van der Waals surface area contributed by atoms with Crippen molar-refractivity contribution in [3.63, 3.8) is 0 Å². The first-order valence-corrected chi connectivity index (χ1v) is 8.11. The lowest BCUT2D eigenvalue weighted by molar-refractivity contribution is 0.0831. The predicted octanol–water partition coefficient (Wildman–Crippen LogP) is 3.19. The minimum Gasteiger partial charge on any atom is -0.487 e. The van der Waals surface area contributed by atoms with Gasteiger partial charge in [-0.05, 0) is 64.2 Å². The smallest absolute Gasteiger partial charge is 0.487 e. The fourth-order valence-electron chi connectivity index (χ4n) is 2.60. The van der Waals surface area contributed by atoms with Crippen molar-refractivity contribution >= 4 is 7.82 Å². The Balaban J connectivity index is 2.60. The number of ether oxygens (including phenoxy) is 1. The van der Waals surface area contributed by atoms with Crippen molar-refractivity contribution in [3.8, 4) is 11.5 Å². The van der Waals surface area contributed by atoms with Gasteiger partial charge in [-0.15, -0.1) is 0 Å². The first-order valence-electron chi connectivity index (χ1n) is 6.58. The molecule has 0 fully saturated rings. The molecule has 2 N–H and O–H groups in total. The van der Waals surface area contributed by atoms with Gasteiger partial charge in [0.2, 0.25) is 0 Å². The van der Waals surface area contributed by atoms with E-state index in [-0.39, 0.29) is 11.4 Å². The van der Waals surface area contributed by atoms with E-state index >= 15 is 0 Å². The maximum Gasteiger partial charge on any atom is 0.524 e. The summed E-state index contributed by atoms with van der Waals surface area (Å²) in [6, 6.07) is 0. The van der Waals surface area contributed by atoms with E-state index in [1.54, 1.807) is 6.92 Å². The van der Waals surface area contributed by atoms with Crippen LogP contribution in [0.4, 0.5) is 0 Å². The molecule has 6 heteroatoms. The van der Waals surface area contributed by atoms with Crippen LogP contribution < -0.4 is 9.26 Å². The lowest BCUT2D eigenvalue weighted by Crippen LogP contribution is -2.33. The summed E-state index contributed by atoms with van der Waals surface area (Å²) >= 11 is 0. The molecule has 1 aromatic rings. The fourth-order valence-corrected chi connectivity index (χ4v) is 3.12. The van der Waals surface area contributed by atoms with E-state index in [1.165, 1.54) is 0 Å². The van der Waals surface area contributed by atoms with Crippen molar-refractivity contribution in [1.29, 1.82) is 0 Å². The molecule has 0 spiro atoms. The third-order valence-electron chi connectivity index (χ3n) is 3.88. The summed E-state index contributed by atoms with van der Waals surface area (Å²) < 4.78 is 22.0. The van der Waals surface area contributed by atoms with Crippen LogP contribution >= 0.6 is 7.82 Å². The molecule has 1 heterocycles. The molecule has 0 bridgehead atoms. The van der Waals surface area contributed by atoms with Crippen LogP contribution in [-0.4, -0.2) is 15.4 Å². The van der Waals surface area contributed by atoms with Crippen LogP contribution in [-0.2, 0) is 11.0 Å². The average Bonchev–Trinajstić information content (AvgIpc) is 2.29. The van der Waals surface area contributed by atoms with E-state index in [9.17, 15) is 4.57 Å². The Morgan fingerprint density at radius 3 is 2.30 bits per heavy atom. The molecule has 0 unspecified atom stereocenters. The minimum absolute atomic E-state index is 0.220. The first kappa shape index (κ1) is 15.4. The highest BCUT2D eigenvalue weighted by Crippen LogP contribution is 2.47. The van der Waals surface area contributed by atoms with Crippen LogP contribution in [0.2, 0.25) is 0 Å². The maximum atomic E-state index is 11.1. The molecule has 5 nitrogen and oxygen atoms in total. The second-order valence-corrected chi connectivity index (χ2v) is 7.12. The van der Waals surface area contributed by atoms with Gasteiger partial charge in [0, 0.05) is 5.56 Å². The Hall–Kier alpha value is -1.03. The third kappa shape index (κ3) is 2.85. The van der Waals surface area contributed by atoms with Crippen LogP contribution in [0.5, 0.6) is 11.5 Å². The number of benzene rings is 1. The van der Waals surface area contributed by atoms with Gasteiger partial charge in [-0.25, -0.2) is 4.57 Å². The Morgan fingerprint density at radius 2 is 1.75 bits per heavy atom. The molecular weight excluding hydrogens is 279 g/mol. The molecule has 2 rings (SSSR count).